The Morgan fingerprint density at radius 2 is 1.79 bits per heavy atom. The first-order chi connectivity index (χ1) is 11.5. The van der Waals surface area contributed by atoms with Gasteiger partial charge in [0.15, 0.2) is 0 Å². The van der Waals surface area contributed by atoms with Gasteiger partial charge in [0.05, 0.1) is 0 Å². The van der Waals surface area contributed by atoms with E-state index < -0.39 is 0 Å². The van der Waals surface area contributed by atoms with E-state index in [0.717, 1.165) is 13.0 Å². The van der Waals surface area contributed by atoms with Crippen LogP contribution in [0.3, 0.4) is 0 Å². The predicted octanol–water partition coefficient (Wildman–Crippen LogP) is 3.76. The quantitative estimate of drug-likeness (QED) is 0.793. The second-order valence-electron chi connectivity index (χ2n) is 6.18. The van der Waals surface area contributed by atoms with Crippen LogP contribution in [0, 0.1) is 6.92 Å². The second kappa shape index (κ2) is 9.50. The number of hydrogen-bond acceptors (Lipinski definition) is 3. The predicted molar refractivity (Wildman–Crippen MR) is 102 cm³/mol. The van der Waals surface area contributed by atoms with E-state index in [9.17, 15) is 4.79 Å². The van der Waals surface area contributed by atoms with Gasteiger partial charge in [0.1, 0.15) is 0 Å². The normalized spacial score (nSPS) is 10.8. The molecular weight excluding hydrogens is 316 g/mol. The van der Waals surface area contributed by atoms with Crippen LogP contribution < -0.4 is 5.32 Å². The number of benzene rings is 2. The Balaban J connectivity index is 1.91. The van der Waals surface area contributed by atoms with Crippen LogP contribution in [-0.2, 0) is 11.2 Å². The largest absolute Gasteiger partial charge is 0.355 e. The van der Waals surface area contributed by atoms with Gasteiger partial charge in [-0.15, -0.1) is 0 Å². The molecule has 4 heteroatoms. The first-order valence-electron chi connectivity index (χ1n) is 8.28. The molecule has 2 aromatic rings. The van der Waals surface area contributed by atoms with Gasteiger partial charge in [0, 0.05) is 29.3 Å². The van der Waals surface area contributed by atoms with Crippen LogP contribution >= 0.6 is 11.8 Å². The van der Waals surface area contributed by atoms with Gasteiger partial charge in [0.25, 0.3) is 0 Å². The van der Waals surface area contributed by atoms with E-state index in [4.69, 9.17) is 0 Å². The smallest absolute Gasteiger partial charge is 0.220 e. The Morgan fingerprint density at radius 3 is 2.50 bits per heavy atom. The van der Waals surface area contributed by atoms with Crippen molar-refractivity contribution < 1.29 is 4.79 Å². The number of carbonyl (C=O) groups is 1. The van der Waals surface area contributed by atoms with Gasteiger partial charge in [-0.1, -0.05) is 47.7 Å². The standard InChI is InChI=1S/C20H26N2OS/c1-16-8-11-18(12-9-16)24-19-7-5-4-6-17(19)10-13-20(23)21-14-15-22(2)3/h4-9,11-12H,10,13-15H2,1-3H3,(H,21,23). The Kier molecular flexibility index (Phi) is 7.35. The molecule has 0 aliphatic heterocycles. The molecule has 0 bridgehead atoms. The Labute approximate surface area is 149 Å². The van der Waals surface area contributed by atoms with E-state index in [1.54, 1.807) is 11.8 Å². The van der Waals surface area contributed by atoms with Crippen LogP contribution in [0.4, 0.5) is 0 Å². The number of nitrogens with one attached hydrogen (secondary N) is 1. The highest BCUT2D eigenvalue weighted by Gasteiger charge is 2.07. The van der Waals surface area contributed by atoms with Crippen molar-refractivity contribution in [1.82, 2.24) is 10.2 Å². The number of aryl methyl sites for hydroxylation is 2. The molecule has 2 aromatic carbocycles. The summed E-state index contributed by atoms with van der Waals surface area (Å²) in [5, 5.41) is 2.97. The molecule has 0 spiro atoms. The molecule has 2 rings (SSSR count). The van der Waals surface area contributed by atoms with E-state index in [-0.39, 0.29) is 5.91 Å². The molecule has 0 aliphatic carbocycles. The van der Waals surface area contributed by atoms with Crippen LogP contribution in [-0.4, -0.2) is 38.0 Å². The molecule has 0 heterocycles. The molecule has 0 saturated carbocycles. The molecule has 0 saturated heterocycles. The summed E-state index contributed by atoms with van der Waals surface area (Å²) in [7, 11) is 4.01. The van der Waals surface area contributed by atoms with E-state index >= 15 is 0 Å². The summed E-state index contributed by atoms with van der Waals surface area (Å²) in [6, 6.07) is 16.9. The minimum Gasteiger partial charge on any atom is -0.355 e. The summed E-state index contributed by atoms with van der Waals surface area (Å²) in [6.07, 6.45) is 1.29. The summed E-state index contributed by atoms with van der Waals surface area (Å²) in [5.74, 6) is 0.118. The number of amides is 1. The van der Waals surface area contributed by atoms with Gasteiger partial charge in [-0.25, -0.2) is 0 Å². The third kappa shape index (κ3) is 6.38. The highest BCUT2D eigenvalue weighted by Crippen LogP contribution is 2.31. The monoisotopic (exact) mass is 342 g/mol. The van der Waals surface area contributed by atoms with E-state index in [0.29, 0.717) is 13.0 Å². The van der Waals surface area contributed by atoms with Crippen LogP contribution in [0.1, 0.15) is 17.5 Å². The lowest BCUT2D eigenvalue weighted by Gasteiger charge is -2.11. The summed E-state index contributed by atoms with van der Waals surface area (Å²) in [6.45, 7) is 3.66. The van der Waals surface area contributed by atoms with Gasteiger partial charge in [-0.2, -0.15) is 0 Å². The van der Waals surface area contributed by atoms with Crippen LogP contribution in [0.5, 0.6) is 0 Å². The molecule has 1 N–H and O–H groups in total. The molecule has 0 aromatic heterocycles. The van der Waals surface area contributed by atoms with Crippen LogP contribution in [0.15, 0.2) is 58.3 Å². The van der Waals surface area contributed by atoms with Gasteiger partial charge >= 0.3 is 0 Å². The average Bonchev–Trinajstić information content (AvgIpc) is 2.56. The summed E-state index contributed by atoms with van der Waals surface area (Å²) >= 11 is 1.76. The first kappa shape index (κ1) is 18.6. The van der Waals surface area contributed by atoms with Crippen molar-refractivity contribution in [2.75, 3.05) is 27.2 Å². The van der Waals surface area contributed by atoms with Gasteiger partial charge in [0.2, 0.25) is 5.91 Å². The third-order valence-electron chi connectivity index (χ3n) is 3.72. The highest BCUT2D eigenvalue weighted by atomic mass is 32.2. The molecule has 0 atom stereocenters. The second-order valence-corrected chi connectivity index (χ2v) is 7.29. The SMILES string of the molecule is Cc1ccc(Sc2ccccc2CCC(=O)NCCN(C)C)cc1. The fraction of sp³-hybridized carbons (Fsp3) is 0.350. The van der Waals surface area contributed by atoms with E-state index in [2.05, 4.69) is 59.6 Å². The minimum atomic E-state index is 0.118. The zero-order valence-corrected chi connectivity index (χ0v) is 15.5. The van der Waals surface area contributed by atoms with Crippen molar-refractivity contribution in [2.24, 2.45) is 0 Å². The van der Waals surface area contributed by atoms with Gasteiger partial charge in [-0.05, 0) is 51.2 Å². The average molecular weight is 343 g/mol. The van der Waals surface area contributed by atoms with Crippen molar-refractivity contribution in [3.05, 3.63) is 59.7 Å². The van der Waals surface area contributed by atoms with Crippen molar-refractivity contribution in [2.45, 2.75) is 29.6 Å². The summed E-state index contributed by atoms with van der Waals surface area (Å²) in [5.41, 5.74) is 2.49. The maximum atomic E-state index is 12.0. The third-order valence-corrected chi connectivity index (χ3v) is 4.85. The van der Waals surface area contributed by atoms with Crippen LogP contribution in [0.2, 0.25) is 0 Å². The fourth-order valence-electron chi connectivity index (χ4n) is 2.30. The Hall–Kier alpha value is -1.78. The summed E-state index contributed by atoms with van der Waals surface area (Å²) in [4.78, 5) is 16.5. The van der Waals surface area contributed by atoms with E-state index in [1.165, 1.54) is 20.9 Å². The van der Waals surface area contributed by atoms with Crippen molar-refractivity contribution in [3.63, 3.8) is 0 Å². The molecule has 0 unspecified atom stereocenters. The molecule has 24 heavy (non-hydrogen) atoms. The summed E-state index contributed by atoms with van der Waals surface area (Å²) < 4.78 is 0. The van der Waals surface area contributed by atoms with Crippen molar-refractivity contribution in [3.8, 4) is 0 Å². The Bertz CT molecular complexity index is 653. The molecule has 128 valence electrons. The lowest BCUT2D eigenvalue weighted by molar-refractivity contribution is -0.121. The van der Waals surface area contributed by atoms with Gasteiger partial charge < -0.3 is 10.2 Å². The van der Waals surface area contributed by atoms with Crippen molar-refractivity contribution >= 4 is 17.7 Å². The maximum absolute atomic E-state index is 12.0. The Morgan fingerprint density at radius 1 is 1.08 bits per heavy atom. The molecule has 1 amide bonds. The lowest BCUT2D eigenvalue weighted by atomic mass is 10.1. The number of likely N-dealkylation sites (N-methyl/N-ethyl adjacent to an activating group) is 1. The van der Waals surface area contributed by atoms with Gasteiger partial charge in [-0.3, -0.25) is 4.79 Å². The lowest BCUT2D eigenvalue weighted by Crippen LogP contribution is -2.31. The molecule has 3 nitrogen and oxygen atoms in total. The topological polar surface area (TPSA) is 32.3 Å². The zero-order valence-electron chi connectivity index (χ0n) is 14.7. The maximum Gasteiger partial charge on any atom is 0.220 e. The first-order valence-corrected chi connectivity index (χ1v) is 9.10. The highest BCUT2D eigenvalue weighted by molar-refractivity contribution is 7.99. The van der Waals surface area contributed by atoms with E-state index in [1.807, 2.05) is 20.2 Å². The number of carbonyl (C=O) groups excluding carboxylic acids is 1. The minimum absolute atomic E-state index is 0.118. The molecule has 0 radical (unpaired) electrons. The number of nitrogens with zero attached hydrogens (tertiary/aromatic N) is 1. The molecule has 0 fully saturated rings. The van der Waals surface area contributed by atoms with Crippen molar-refractivity contribution in [1.29, 1.82) is 0 Å². The number of rotatable bonds is 8. The molecular formula is C20H26N2OS. The zero-order chi connectivity index (χ0) is 17.4. The molecule has 0 aliphatic rings. The van der Waals surface area contributed by atoms with Crippen LogP contribution in [0.25, 0.3) is 0 Å². The fourth-order valence-corrected chi connectivity index (χ4v) is 3.27. The number of hydrogen-bond donors (Lipinski definition) is 1.